The van der Waals surface area contributed by atoms with Crippen LogP contribution >= 0.6 is 15.9 Å². The summed E-state index contributed by atoms with van der Waals surface area (Å²) in [6.07, 6.45) is 0.884. The van der Waals surface area contributed by atoms with Crippen LogP contribution in [0.1, 0.15) is 18.2 Å². The summed E-state index contributed by atoms with van der Waals surface area (Å²) >= 11 is 3.33. The average Bonchev–Trinajstić information content (AvgIpc) is 2.52. The van der Waals surface area contributed by atoms with E-state index in [1.807, 2.05) is 18.2 Å². The molecule has 0 amide bonds. The summed E-state index contributed by atoms with van der Waals surface area (Å²) in [5.41, 5.74) is 12.7. The summed E-state index contributed by atoms with van der Waals surface area (Å²) in [5, 5.41) is 0. The molecule has 2 rings (SSSR count). The highest BCUT2D eigenvalue weighted by Gasteiger charge is 2.22. The van der Waals surface area contributed by atoms with Gasteiger partial charge in [-0.25, -0.2) is 15.8 Å². The van der Waals surface area contributed by atoms with Gasteiger partial charge in [-0.1, -0.05) is 6.07 Å². The number of pyridine rings is 1. The van der Waals surface area contributed by atoms with Crippen LogP contribution in [0.5, 0.6) is 0 Å². The molecule has 1 aliphatic heterocycles. The van der Waals surface area contributed by atoms with E-state index in [2.05, 4.69) is 31.8 Å². The molecule has 0 bridgehead atoms. The first-order valence-corrected chi connectivity index (χ1v) is 4.94. The Morgan fingerprint density at radius 1 is 1.46 bits per heavy atom. The van der Waals surface area contributed by atoms with E-state index in [1.165, 1.54) is 0 Å². The minimum Gasteiger partial charge on any atom is -0.315 e. The molecule has 0 spiro atoms. The second-order valence-corrected chi connectivity index (χ2v) is 3.88. The van der Waals surface area contributed by atoms with Crippen LogP contribution in [0.4, 0.5) is 0 Å². The number of aromatic nitrogens is 1. The number of rotatable bonds is 1. The molecule has 0 saturated carbocycles. The van der Waals surface area contributed by atoms with Gasteiger partial charge in [0.15, 0.2) is 0 Å². The van der Waals surface area contributed by atoms with Gasteiger partial charge in [0, 0.05) is 0 Å². The van der Waals surface area contributed by atoms with Crippen LogP contribution in [-0.4, -0.2) is 11.1 Å². The summed E-state index contributed by atoms with van der Waals surface area (Å²) in [6, 6.07) is 6.08. The van der Waals surface area contributed by atoms with Crippen molar-refractivity contribution >= 4 is 15.9 Å². The van der Waals surface area contributed by atoms with Crippen molar-refractivity contribution in [3.63, 3.8) is 0 Å². The average molecular weight is 243 g/mol. The van der Waals surface area contributed by atoms with Crippen molar-refractivity contribution in [3.05, 3.63) is 28.5 Å². The number of hydrogen-bond acceptors (Lipinski definition) is 4. The van der Waals surface area contributed by atoms with Crippen LogP contribution in [0, 0.1) is 0 Å². The van der Waals surface area contributed by atoms with Crippen LogP contribution in [0.3, 0.4) is 0 Å². The van der Waals surface area contributed by atoms with Crippen LogP contribution in [0.2, 0.25) is 0 Å². The first-order valence-electron chi connectivity index (χ1n) is 4.15. The van der Waals surface area contributed by atoms with Gasteiger partial charge in [-0.3, -0.25) is 0 Å². The zero-order valence-corrected chi connectivity index (χ0v) is 8.58. The Labute approximate surface area is 85.0 Å². The molecule has 2 unspecified atom stereocenters. The van der Waals surface area contributed by atoms with Gasteiger partial charge in [0.2, 0.25) is 0 Å². The molecule has 4 N–H and O–H groups in total. The molecule has 0 radical (unpaired) electrons. The summed E-state index contributed by atoms with van der Waals surface area (Å²) in [7, 11) is 0. The Kier molecular flexibility index (Phi) is 2.59. The van der Waals surface area contributed by atoms with E-state index < -0.39 is 0 Å². The van der Waals surface area contributed by atoms with Crippen molar-refractivity contribution < 1.29 is 0 Å². The lowest BCUT2D eigenvalue weighted by molar-refractivity contribution is 0.546. The highest BCUT2D eigenvalue weighted by Crippen LogP contribution is 2.19. The Bertz CT molecular complexity index is 304. The van der Waals surface area contributed by atoms with E-state index in [4.69, 9.17) is 5.73 Å². The van der Waals surface area contributed by atoms with Gasteiger partial charge in [-0.15, -0.1) is 0 Å². The topological polar surface area (TPSA) is 63.0 Å². The molecule has 4 nitrogen and oxygen atoms in total. The van der Waals surface area contributed by atoms with Crippen molar-refractivity contribution in [1.29, 1.82) is 0 Å². The van der Waals surface area contributed by atoms with Crippen LogP contribution in [0.25, 0.3) is 0 Å². The summed E-state index contributed by atoms with van der Waals surface area (Å²) in [6.45, 7) is 0. The Morgan fingerprint density at radius 3 is 2.92 bits per heavy atom. The lowest BCUT2D eigenvalue weighted by Gasteiger charge is -2.07. The molecule has 70 valence electrons. The predicted molar refractivity (Wildman–Crippen MR) is 53.5 cm³/mol. The molecule has 0 aromatic carbocycles. The van der Waals surface area contributed by atoms with Crippen molar-refractivity contribution in [2.45, 2.75) is 18.6 Å². The fourth-order valence-corrected chi connectivity index (χ4v) is 1.75. The van der Waals surface area contributed by atoms with E-state index in [-0.39, 0.29) is 12.2 Å². The molecule has 1 aliphatic rings. The van der Waals surface area contributed by atoms with Crippen molar-refractivity contribution in [1.82, 2.24) is 15.8 Å². The van der Waals surface area contributed by atoms with Crippen molar-refractivity contribution in [3.8, 4) is 0 Å². The van der Waals surface area contributed by atoms with Crippen molar-refractivity contribution in [2.24, 2.45) is 5.73 Å². The zero-order chi connectivity index (χ0) is 9.26. The highest BCUT2D eigenvalue weighted by molar-refractivity contribution is 9.10. The quantitative estimate of drug-likeness (QED) is 0.634. The molecule has 2 heterocycles. The van der Waals surface area contributed by atoms with Gasteiger partial charge in [-0.2, -0.15) is 0 Å². The fourth-order valence-electron chi connectivity index (χ4n) is 1.39. The number of nitrogens with zero attached hydrogens (tertiary/aromatic N) is 1. The minimum atomic E-state index is 0.0192. The third-order valence-electron chi connectivity index (χ3n) is 2.03. The van der Waals surface area contributed by atoms with E-state index in [1.54, 1.807) is 0 Å². The maximum Gasteiger partial charge on any atom is 0.106 e. The molecule has 1 fully saturated rings. The van der Waals surface area contributed by atoms with E-state index in [9.17, 15) is 0 Å². The molecule has 1 aromatic heterocycles. The monoisotopic (exact) mass is 242 g/mol. The zero-order valence-electron chi connectivity index (χ0n) is 7.00. The predicted octanol–water partition coefficient (Wildman–Crippen LogP) is 0.668. The number of nitrogens with one attached hydrogen (secondary N) is 2. The first-order chi connectivity index (χ1) is 6.25. The standard InChI is InChI=1S/C8H11BrN4/c9-7-3-1-2-5(11-7)6-4-8(10)13-12-6/h1-3,6,8,12-13H,4,10H2. The molecular formula is C8H11BrN4. The van der Waals surface area contributed by atoms with Gasteiger partial charge in [0.05, 0.1) is 17.9 Å². The van der Waals surface area contributed by atoms with E-state index in [0.29, 0.717) is 0 Å². The minimum absolute atomic E-state index is 0.0192. The van der Waals surface area contributed by atoms with Crippen LogP contribution in [-0.2, 0) is 0 Å². The van der Waals surface area contributed by atoms with Gasteiger partial charge >= 0.3 is 0 Å². The second kappa shape index (κ2) is 3.71. The van der Waals surface area contributed by atoms with Crippen LogP contribution < -0.4 is 16.6 Å². The maximum atomic E-state index is 5.69. The summed E-state index contributed by atoms with van der Waals surface area (Å²) < 4.78 is 0.854. The molecule has 0 aliphatic carbocycles. The lowest BCUT2D eigenvalue weighted by Crippen LogP contribution is -2.36. The number of hydrazine groups is 1. The normalized spacial score (nSPS) is 27.8. The van der Waals surface area contributed by atoms with Crippen LogP contribution in [0.15, 0.2) is 22.8 Å². The third-order valence-corrected chi connectivity index (χ3v) is 2.47. The smallest absolute Gasteiger partial charge is 0.106 e. The van der Waals surface area contributed by atoms with Gasteiger partial charge in [0.1, 0.15) is 4.60 Å². The van der Waals surface area contributed by atoms with Gasteiger partial charge < -0.3 is 5.73 Å². The SMILES string of the molecule is NC1CC(c2cccc(Br)n2)NN1. The Balaban J connectivity index is 2.16. The van der Waals surface area contributed by atoms with Gasteiger partial charge in [0.25, 0.3) is 0 Å². The summed E-state index contributed by atoms with van der Waals surface area (Å²) in [4.78, 5) is 4.35. The van der Waals surface area contributed by atoms with Gasteiger partial charge in [-0.05, 0) is 34.5 Å². The number of hydrogen-bond donors (Lipinski definition) is 3. The fraction of sp³-hybridized carbons (Fsp3) is 0.375. The molecule has 2 atom stereocenters. The van der Waals surface area contributed by atoms with E-state index in [0.717, 1.165) is 16.7 Å². The third kappa shape index (κ3) is 2.05. The second-order valence-electron chi connectivity index (χ2n) is 3.07. The Hall–Kier alpha value is -0.490. The number of halogens is 1. The lowest BCUT2D eigenvalue weighted by atomic mass is 10.1. The Morgan fingerprint density at radius 2 is 2.31 bits per heavy atom. The van der Waals surface area contributed by atoms with E-state index >= 15 is 0 Å². The molecule has 1 aromatic rings. The first kappa shape index (κ1) is 9.08. The molecule has 13 heavy (non-hydrogen) atoms. The molecular weight excluding hydrogens is 232 g/mol. The number of nitrogens with two attached hydrogens (primary N) is 1. The highest BCUT2D eigenvalue weighted by atomic mass is 79.9. The molecule has 1 saturated heterocycles. The molecule has 5 heteroatoms. The maximum absolute atomic E-state index is 5.69. The van der Waals surface area contributed by atoms with Crippen molar-refractivity contribution in [2.75, 3.05) is 0 Å². The summed E-state index contributed by atoms with van der Waals surface area (Å²) in [5.74, 6) is 0. The largest absolute Gasteiger partial charge is 0.315 e.